The standard InChI is InChI=1S/C32H29Cl2N5O4/c1-16(2)29-28-20(14-38(29)26-12-23-24(13-27(26)43-5)37-31(42)36-23)30(41)39(25-11-19(34)7-6-17(25)3)32(28,15-40)21-9-8-18(33)10-22(21)35-4/h6-16,35H,1-5H3,(H2,36,37,42). The van der Waals surface area contributed by atoms with Crippen LogP contribution < -0.4 is 20.6 Å². The van der Waals surface area contributed by atoms with E-state index in [0.29, 0.717) is 60.6 Å². The van der Waals surface area contributed by atoms with Gasteiger partial charge in [0.25, 0.3) is 5.91 Å². The van der Waals surface area contributed by atoms with Crippen LogP contribution in [0.5, 0.6) is 5.75 Å². The normalized spacial score (nSPS) is 16.3. The third-order valence-corrected chi connectivity index (χ3v) is 8.55. The monoisotopic (exact) mass is 617 g/mol. The summed E-state index contributed by atoms with van der Waals surface area (Å²) in [5, 5.41) is 4.08. The highest BCUT2D eigenvalue weighted by Crippen LogP contribution is 2.52. The lowest BCUT2D eigenvalue weighted by Gasteiger charge is -2.38. The molecule has 0 bridgehead atoms. The summed E-state index contributed by atoms with van der Waals surface area (Å²) in [5.41, 5.74) is 3.89. The molecule has 0 radical (unpaired) electrons. The van der Waals surface area contributed by atoms with E-state index in [1.807, 2.05) is 31.4 Å². The van der Waals surface area contributed by atoms with Crippen LogP contribution in [-0.2, 0) is 10.3 Å². The topological polar surface area (TPSA) is 112 Å². The SMILES string of the molecule is CNc1cc(Cl)ccc1C1(C=O)c2c(cn(-c3cc4[nH]c(=O)[nH]c4cc3OC)c2C(C)C)C(=O)N1c1cc(Cl)ccc1C. The second kappa shape index (κ2) is 10.4. The molecule has 3 heterocycles. The minimum Gasteiger partial charge on any atom is -0.494 e. The Morgan fingerprint density at radius 1 is 0.977 bits per heavy atom. The summed E-state index contributed by atoms with van der Waals surface area (Å²) in [6.45, 7) is 5.88. The number of carbonyl (C=O) groups is 2. The Labute approximate surface area is 257 Å². The molecular formula is C32H29Cl2N5O4. The molecule has 3 N–H and O–H groups in total. The van der Waals surface area contributed by atoms with Crippen molar-refractivity contribution in [2.45, 2.75) is 32.2 Å². The third-order valence-electron chi connectivity index (χ3n) is 8.08. The number of aromatic amines is 2. The van der Waals surface area contributed by atoms with E-state index in [4.69, 9.17) is 27.9 Å². The molecule has 5 aromatic rings. The van der Waals surface area contributed by atoms with Crippen LogP contribution in [0.4, 0.5) is 11.4 Å². The molecule has 6 rings (SSSR count). The molecule has 43 heavy (non-hydrogen) atoms. The largest absolute Gasteiger partial charge is 0.494 e. The predicted molar refractivity (Wildman–Crippen MR) is 170 cm³/mol. The molecule has 220 valence electrons. The summed E-state index contributed by atoms with van der Waals surface area (Å²) >= 11 is 12.9. The number of nitrogens with zero attached hydrogens (tertiary/aromatic N) is 2. The number of carbonyl (C=O) groups excluding carboxylic acids is 2. The van der Waals surface area contributed by atoms with Gasteiger partial charge in [-0.25, -0.2) is 4.79 Å². The van der Waals surface area contributed by atoms with E-state index in [2.05, 4.69) is 15.3 Å². The van der Waals surface area contributed by atoms with Gasteiger partial charge in [0.2, 0.25) is 0 Å². The lowest BCUT2D eigenvalue weighted by molar-refractivity contribution is -0.111. The predicted octanol–water partition coefficient (Wildman–Crippen LogP) is 6.54. The highest BCUT2D eigenvalue weighted by molar-refractivity contribution is 6.31. The number of amides is 1. The van der Waals surface area contributed by atoms with Crippen LogP contribution in [0.3, 0.4) is 0 Å². The second-order valence-electron chi connectivity index (χ2n) is 10.9. The average Bonchev–Trinajstić information content (AvgIpc) is 3.62. The molecule has 0 saturated carbocycles. The maximum Gasteiger partial charge on any atom is 0.323 e. The van der Waals surface area contributed by atoms with E-state index >= 15 is 0 Å². The van der Waals surface area contributed by atoms with E-state index in [-0.39, 0.29) is 17.5 Å². The van der Waals surface area contributed by atoms with E-state index < -0.39 is 5.54 Å². The Morgan fingerprint density at radius 3 is 2.30 bits per heavy atom. The summed E-state index contributed by atoms with van der Waals surface area (Å²) in [4.78, 5) is 47.6. The number of benzene rings is 3. The number of fused-ring (bicyclic) bond motifs is 2. The van der Waals surface area contributed by atoms with Crippen LogP contribution in [0.15, 0.2) is 59.5 Å². The number of nitrogens with one attached hydrogen (secondary N) is 3. The van der Waals surface area contributed by atoms with Gasteiger partial charge in [0.15, 0.2) is 11.8 Å². The van der Waals surface area contributed by atoms with Crippen molar-refractivity contribution < 1.29 is 14.3 Å². The second-order valence-corrected chi connectivity index (χ2v) is 11.7. The molecule has 11 heteroatoms. The van der Waals surface area contributed by atoms with Crippen molar-refractivity contribution in [2.75, 3.05) is 24.4 Å². The lowest BCUT2D eigenvalue weighted by atomic mass is 9.80. The molecule has 1 amide bonds. The van der Waals surface area contributed by atoms with Gasteiger partial charge in [0.1, 0.15) is 5.75 Å². The number of aromatic nitrogens is 3. The number of anilines is 2. The van der Waals surface area contributed by atoms with Crippen molar-refractivity contribution in [1.82, 2.24) is 14.5 Å². The van der Waals surface area contributed by atoms with Gasteiger partial charge in [-0.2, -0.15) is 0 Å². The van der Waals surface area contributed by atoms with Crippen molar-refractivity contribution in [3.63, 3.8) is 0 Å². The Bertz CT molecular complexity index is 2010. The first-order chi connectivity index (χ1) is 20.5. The Morgan fingerprint density at radius 2 is 1.65 bits per heavy atom. The number of methoxy groups -OCH3 is 1. The molecule has 2 aromatic heterocycles. The Hall–Kier alpha value is -4.47. The first-order valence-electron chi connectivity index (χ1n) is 13.7. The summed E-state index contributed by atoms with van der Waals surface area (Å²) in [5.74, 6) is -0.0417. The van der Waals surface area contributed by atoms with Crippen molar-refractivity contribution >= 4 is 57.8 Å². The first-order valence-corrected chi connectivity index (χ1v) is 14.4. The zero-order chi connectivity index (χ0) is 30.8. The summed E-state index contributed by atoms with van der Waals surface area (Å²) < 4.78 is 7.63. The van der Waals surface area contributed by atoms with Crippen LogP contribution in [0.1, 0.15) is 52.5 Å². The summed E-state index contributed by atoms with van der Waals surface area (Å²) in [7, 11) is 3.28. The van der Waals surface area contributed by atoms with Crippen LogP contribution in [0.25, 0.3) is 16.7 Å². The van der Waals surface area contributed by atoms with Gasteiger partial charge in [-0.15, -0.1) is 0 Å². The molecule has 1 aliphatic rings. The highest BCUT2D eigenvalue weighted by Gasteiger charge is 2.56. The number of aldehydes is 1. The number of aryl methyl sites for hydroxylation is 1. The van der Waals surface area contributed by atoms with Gasteiger partial charge in [0, 0.05) is 51.9 Å². The summed E-state index contributed by atoms with van der Waals surface area (Å²) in [6.07, 6.45) is 2.57. The molecule has 0 fully saturated rings. The molecule has 1 atom stereocenters. The smallest absolute Gasteiger partial charge is 0.323 e. The zero-order valence-electron chi connectivity index (χ0n) is 24.1. The van der Waals surface area contributed by atoms with Gasteiger partial charge in [-0.3, -0.25) is 14.5 Å². The number of hydrogen-bond acceptors (Lipinski definition) is 5. The maximum atomic E-state index is 14.6. The molecule has 0 spiro atoms. The lowest BCUT2D eigenvalue weighted by Crippen LogP contribution is -2.48. The van der Waals surface area contributed by atoms with E-state index in [1.54, 1.807) is 62.8 Å². The van der Waals surface area contributed by atoms with E-state index in [0.717, 1.165) is 17.5 Å². The van der Waals surface area contributed by atoms with Crippen LogP contribution in [0, 0.1) is 6.92 Å². The van der Waals surface area contributed by atoms with Crippen molar-refractivity contribution in [1.29, 1.82) is 0 Å². The van der Waals surface area contributed by atoms with E-state index in [1.165, 1.54) is 4.90 Å². The fraction of sp³-hybridized carbons (Fsp3) is 0.219. The van der Waals surface area contributed by atoms with Gasteiger partial charge in [-0.05, 0) is 48.7 Å². The molecule has 1 unspecified atom stereocenters. The van der Waals surface area contributed by atoms with Crippen LogP contribution in [0.2, 0.25) is 10.0 Å². The molecule has 1 aliphatic heterocycles. The average molecular weight is 619 g/mol. The van der Waals surface area contributed by atoms with Crippen LogP contribution in [-0.4, -0.2) is 40.9 Å². The first kappa shape index (κ1) is 28.6. The maximum absolute atomic E-state index is 14.6. The molecule has 9 nitrogen and oxygen atoms in total. The Kier molecular flexibility index (Phi) is 6.90. The molecule has 0 aliphatic carbocycles. The fourth-order valence-corrected chi connectivity index (χ4v) is 6.59. The summed E-state index contributed by atoms with van der Waals surface area (Å²) in [6, 6.07) is 14.0. The molecule has 0 saturated heterocycles. The van der Waals surface area contributed by atoms with E-state index in [9.17, 15) is 14.4 Å². The minimum absolute atomic E-state index is 0.160. The number of H-pyrrole nitrogens is 2. The third kappa shape index (κ3) is 4.17. The highest BCUT2D eigenvalue weighted by atomic mass is 35.5. The fourth-order valence-electron chi connectivity index (χ4n) is 6.25. The number of halogens is 2. The van der Waals surface area contributed by atoms with Crippen molar-refractivity contribution in [2.24, 2.45) is 0 Å². The number of rotatable bonds is 7. The number of imidazole rings is 1. The Balaban J connectivity index is 1.75. The quantitative estimate of drug-likeness (QED) is 0.180. The van der Waals surface area contributed by atoms with Gasteiger partial charge >= 0.3 is 5.69 Å². The molecule has 3 aromatic carbocycles. The van der Waals surface area contributed by atoms with Gasteiger partial charge < -0.3 is 24.6 Å². The van der Waals surface area contributed by atoms with Crippen molar-refractivity contribution in [3.05, 3.63) is 103 Å². The minimum atomic E-state index is -1.59. The van der Waals surface area contributed by atoms with Crippen molar-refractivity contribution in [3.8, 4) is 11.4 Å². The number of ether oxygens (including phenoxy) is 1. The number of hydrogen-bond donors (Lipinski definition) is 3. The van der Waals surface area contributed by atoms with Gasteiger partial charge in [0.05, 0.1) is 35.1 Å². The van der Waals surface area contributed by atoms with Crippen LogP contribution >= 0.6 is 23.2 Å². The van der Waals surface area contributed by atoms with Gasteiger partial charge in [-0.1, -0.05) is 49.2 Å². The zero-order valence-corrected chi connectivity index (χ0v) is 25.6. The molecular weight excluding hydrogens is 589 g/mol.